The minimum absolute atomic E-state index is 0.214. The molecule has 1 unspecified atom stereocenters. The van der Waals surface area contributed by atoms with Gasteiger partial charge < -0.3 is 14.3 Å². The van der Waals surface area contributed by atoms with Crippen LogP contribution < -0.4 is 4.74 Å². The molecule has 0 amide bonds. The van der Waals surface area contributed by atoms with Gasteiger partial charge in [-0.05, 0) is 30.7 Å². The fraction of sp³-hybridized carbons (Fsp3) is 0.389. The number of benzene rings is 1. The van der Waals surface area contributed by atoms with Gasteiger partial charge in [0.25, 0.3) is 0 Å². The average Bonchev–Trinajstić information content (AvgIpc) is 3.05. The van der Waals surface area contributed by atoms with Crippen molar-refractivity contribution in [3.63, 3.8) is 0 Å². The normalized spacial score (nSPS) is 12.1. The molecule has 122 valence electrons. The molecule has 5 nitrogen and oxygen atoms in total. The fourth-order valence-corrected chi connectivity index (χ4v) is 2.32. The highest BCUT2D eigenvalue weighted by Crippen LogP contribution is 2.16. The molecule has 0 aliphatic rings. The summed E-state index contributed by atoms with van der Waals surface area (Å²) >= 11 is 0. The quantitative estimate of drug-likeness (QED) is 0.770. The van der Waals surface area contributed by atoms with Crippen molar-refractivity contribution in [2.75, 3.05) is 19.7 Å². The molecule has 0 aliphatic heterocycles. The summed E-state index contributed by atoms with van der Waals surface area (Å²) in [5.74, 6) is 1.59. The second-order valence-corrected chi connectivity index (χ2v) is 5.45. The van der Waals surface area contributed by atoms with Gasteiger partial charge in [0, 0.05) is 19.5 Å². The molecule has 0 radical (unpaired) electrons. The number of furan rings is 1. The number of aliphatic hydroxyl groups is 1. The molecule has 0 aliphatic carbocycles. The lowest BCUT2D eigenvalue weighted by atomic mass is 10.2. The smallest absolute Gasteiger partial charge is 0.122 e. The maximum atomic E-state index is 10.2. The van der Waals surface area contributed by atoms with Crippen LogP contribution >= 0.6 is 0 Å². The molecular formula is C18H22N2O3. The highest BCUT2D eigenvalue weighted by atomic mass is 16.5. The van der Waals surface area contributed by atoms with Crippen LogP contribution in [0.25, 0.3) is 0 Å². The Kier molecular flexibility index (Phi) is 6.67. The van der Waals surface area contributed by atoms with Gasteiger partial charge in [0.2, 0.25) is 0 Å². The molecule has 2 rings (SSSR count). The summed E-state index contributed by atoms with van der Waals surface area (Å²) in [5, 5.41) is 19.0. The predicted molar refractivity (Wildman–Crippen MR) is 86.9 cm³/mol. The van der Waals surface area contributed by atoms with Crippen molar-refractivity contribution >= 4 is 0 Å². The van der Waals surface area contributed by atoms with Crippen LogP contribution in [0.1, 0.15) is 17.7 Å². The molecule has 1 atom stereocenters. The zero-order valence-electron chi connectivity index (χ0n) is 13.3. The van der Waals surface area contributed by atoms with Crippen LogP contribution in [0.4, 0.5) is 0 Å². The van der Waals surface area contributed by atoms with Gasteiger partial charge in [-0.2, -0.15) is 5.26 Å². The van der Waals surface area contributed by atoms with Crippen LogP contribution in [-0.4, -0.2) is 35.8 Å². The van der Waals surface area contributed by atoms with Crippen LogP contribution in [0.2, 0.25) is 0 Å². The van der Waals surface area contributed by atoms with Crippen LogP contribution in [0.15, 0.2) is 47.1 Å². The van der Waals surface area contributed by atoms with Gasteiger partial charge in [-0.25, -0.2) is 0 Å². The number of aliphatic hydroxyl groups excluding tert-OH is 1. The number of para-hydroxylation sites is 1. The first kappa shape index (κ1) is 17.1. The first-order valence-electron chi connectivity index (χ1n) is 7.67. The van der Waals surface area contributed by atoms with Crippen molar-refractivity contribution in [1.29, 1.82) is 5.26 Å². The topological polar surface area (TPSA) is 69.6 Å². The third-order valence-electron chi connectivity index (χ3n) is 3.49. The van der Waals surface area contributed by atoms with E-state index < -0.39 is 6.10 Å². The minimum atomic E-state index is -0.636. The molecule has 2 aromatic rings. The largest absolute Gasteiger partial charge is 0.491 e. The molecule has 0 saturated heterocycles. The maximum Gasteiger partial charge on any atom is 0.122 e. The summed E-state index contributed by atoms with van der Waals surface area (Å²) in [6.45, 7) is 3.76. The summed E-state index contributed by atoms with van der Waals surface area (Å²) in [5.41, 5.74) is 1.04. The van der Waals surface area contributed by atoms with E-state index in [-0.39, 0.29) is 6.61 Å². The van der Waals surface area contributed by atoms with Crippen molar-refractivity contribution in [2.45, 2.75) is 26.0 Å². The van der Waals surface area contributed by atoms with Crippen LogP contribution in [0.5, 0.6) is 5.75 Å². The maximum absolute atomic E-state index is 10.2. The Morgan fingerprint density at radius 3 is 2.83 bits per heavy atom. The zero-order chi connectivity index (χ0) is 16.5. The molecule has 1 heterocycles. The zero-order valence-corrected chi connectivity index (χ0v) is 13.3. The Morgan fingerprint density at radius 1 is 1.30 bits per heavy atom. The highest BCUT2D eigenvalue weighted by Gasteiger charge is 2.14. The van der Waals surface area contributed by atoms with Crippen molar-refractivity contribution in [2.24, 2.45) is 0 Å². The summed E-state index contributed by atoms with van der Waals surface area (Å²) < 4.78 is 11.0. The van der Waals surface area contributed by atoms with E-state index >= 15 is 0 Å². The van der Waals surface area contributed by atoms with Gasteiger partial charge in [-0.3, -0.25) is 4.90 Å². The van der Waals surface area contributed by atoms with Gasteiger partial charge in [0.1, 0.15) is 24.2 Å². The number of nitriles is 1. The summed E-state index contributed by atoms with van der Waals surface area (Å²) in [4.78, 5) is 1.99. The first-order chi connectivity index (χ1) is 11.2. The van der Waals surface area contributed by atoms with Crippen molar-refractivity contribution in [3.8, 4) is 11.8 Å². The lowest BCUT2D eigenvalue weighted by Gasteiger charge is -2.23. The van der Waals surface area contributed by atoms with E-state index in [1.807, 2.05) is 48.2 Å². The Morgan fingerprint density at radius 2 is 2.13 bits per heavy atom. The fourth-order valence-electron chi connectivity index (χ4n) is 2.32. The first-order valence-corrected chi connectivity index (χ1v) is 7.67. The average molecular weight is 314 g/mol. The van der Waals surface area contributed by atoms with Crippen LogP contribution in [-0.2, 0) is 6.54 Å². The molecule has 23 heavy (non-hydrogen) atoms. The molecule has 0 bridgehead atoms. The monoisotopic (exact) mass is 314 g/mol. The van der Waals surface area contributed by atoms with E-state index in [2.05, 4.69) is 6.07 Å². The second-order valence-electron chi connectivity index (χ2n) is 5.45. The van der Waals surface area contributed by atoms with Gasteiger partial charge >= 0.3 is 0 Å². The van der Waals surface area contributed by atoms with E-state index in [1.165, 1.54) is 0 Å². The third kappa shape index (κ3) is 5.78. The molecule has 1 aromatic carbocycles. The van der Waals surface area contributed by atoms with E-state index in [9.17, 15) is 5.11 Å². The highest BCUT2D eigenvalue weighted by molar-refractivity contribution is 5.31. The lowest BCUT2D eigenvalue weighted by molar-refractivity contribution is 0.0638. The van der Waals surface area contributed by atoms with Gasteiger partial charge in [-0.1, -0.05) is 18.2 Å². The Bertz CT molecular complexity index is 619. The van der Waals surface area contributed by atoms with Crippen molar-refractivity contribution in [3.05, 3.63) is 54.0 Å². The van der Waals surface area contributed by atoms with Gasteiger partial charge in [-0.15, -0.1) is 0 Å². The van der Waals surface area contributed by atoms with Crippen LogP contribution in [0.3, 0.4) is 0 Å². The molecule has 0 fully saturated rings. The number of nitrogens with zero attached hydrogens (tertiary/aromatic N) is 2. The standard InChI is InChI=1S/C18H22N2O3/c1-15-6-2-3-8-18(15)23-14-16(21)12-20(10-5-9-19)13-17-7-4-11-22-17/h2-4,6-8,11,16,21H,5,10,12-14H2,1H3. The molecule has 1 aromatic heterocycles. The Hall–Kier alpha value is -2.29. The summed E-state index contributed by atoms with van der Waals surface area (Å²) in [7, 11) is 0. The molecule has 0 saturated carbocycles. The number of hydrogen-bond acceptors (Lipinski definition) is 5. The van der Waals surface area contributed by atoms with E-state index in [0.717, 1.165) is 17.1 Å². The second kappa shape index (κ2) is 8.99. The molecular weight excluding hydrogens is 292 g/mol. The predicted octanol–water partition coefficient (Wildman–Crippen LogP) is 2.74. The molecule has 1 N–H and O–H groups in total. The molecule has 0 spiro atoms. The van der Waals surface area contributed by atoms with Crippen LogP contribution in [0, 0.1) is 18.3 Å². The molecule has 5 heteroatoms. The van der Waals surface area contributed by atoms with E-state index in [0.29, 0.717) is 26.1 Å². The van der Waals surface area contributed by atoms with E-state index in [4.69, 9.17) is 14.4 Å². The minimum Gasteiger partial charge on any atom is -0.491 e. The Balaban J connectivity index is 1.85. The van der Waals surface area contributed by atoms with Gasteiger partial charge in [0.05, 0.1) is 18.9 Å². The van der Waals surface area contributed by atoms with Gasteiger partial charge in [0.15, 0.2) is 0 Å². The number of ether oxygens (including phenoxy) is 1. The SMILES string of the molecule is Cc1ccccc1OCC(O)CN(CCC#N)Cc1ccco1. The van der Waals surface area contributed by atoms with E-state index in [1.54, 1.807) is 6.26 Å². The van der Waals surface area contributed by atoms with Crippen molar-refractivity contribution in [1.82, 2.24) is 4.90 Å². The number of rotatable bonds is 9. The van der Waals surface area contributed by atoms with Crippen molar-refractivity contribution < 1.29 is 14.3 Å². The summed E-state index contributed by atoms with van der Waals surface area (Å²) in [6, 6.07) is 13.6. The number of aryl methyl sites for hydroxylation is 1. The third-order valence-corrected chi connectivity index (χ3v) is 3.49. The Labute approximate surface area is 136 Å². The number of hydrogen-bond donors (Lipinski definition) is 1. The summed E-state index contributed by atoms with van der Waals surface area (Å²) in [6.07, 6.45) is 1.39. The lowest BCUT2D eigenvalue weighted by Crippen LogP contribution is -2.35.